The van der Waals surface area contributed by atoms with Crippen LogP contribution in [0.4, 0.5) is 0 Å². The summed E-state index contributed by atoms with van der Waals surface area (Å²) >= 11 is 0. The van der Waals surface area contributed by atoms with E-state index in [1.165, 1.54) is 0 Å². The molecule has 0 bridgehead atoms. The van der Waals surface area contributed by atoms with Crippen molar-refractivity contribution in [3.8, 4) is 0 Å². The Balaban J connectivity index is 4.08. The van der Waals surface area contributed by atoms with Crippen LogP contribution in [0.3, 0.4) is 0 Å². The number of ether oxygens (including phenoxy) is 4. The smallest absolute Gasteiger partial charge is 0.162 e. The monoisotopic (exact) mass is 234 g/mol. The summed E-state index contributed by atoms with van der Waals surface area (Å²) in [5.41, 5.74) is 0. The van der Waals surface area contributed by atoms with E-state index in [2.05, 4.69) is 0 Å². The summed E-state index contributed by atoms with van der Waals surface area (Å²) in [6.07, 6.45) is 0.243. The molecular formula is C12H26O4. The van der Waals surface area contributed by atoms with Crippen LogP contribution < -0.4 is 0 Å². The van der Waals surface area contributed by atoms with Crippen molar-refractivity contribution in [1.29, 1.82) is 0 Å². The minimum atomic E-state index is -0.256. The first-order valence-electron chi connectivity index (χ1n) is 6.14. The van der Waals surface area contributed by atoms with E-state index in [4.69, 9.17) is 18.9 Å². The van der Waals surface area contributed by atoms with Gasteiger partial charge in [0.1, 0.15) is 0 Å². The van der Waals surface area contributed by atoms with E-state index < -0.39 is 0 Å². The van der Waals surface area contributed by atoms with E-state index in [0.29, 0.717) is 26.2 Å². The summed E-state index contributed by atoms with van der Waals surface area (Å²) in [7, 11) is 0. The largest absolute Gasteiger partial charge is 0.353 e. The van der Waals surface area contributed by atoms with Gasteiger partial charge in [-0.1, -0.05) is 0 Å². The van der Waals surface area contributed by atoms with Crippen LogP contribution in [-0.4, -0.2) is 38.5 Å². The molecule has 0 heterocycles. The molecule has 0 saturated carbocycles. The van der Waals surface area contributed by atoms with Gasteiger partial charge in [-0.05, 0) is 34.6 Å². The molecule has 0 amide bonds. The third-order valence-corrected chi connectivity index (χ3v) is 1.87. The number of hydrogen-bond acceptors (Lipinski definition) is 4. The summed E-state index contributed by atoms with van der Waals surface area (Å²) in [4.78, 5) is 0. The van der Waals surface area contributed by atoms with Crippen LogP contribution in [0.15, 0.2) is 0 Å². The van der Waals surface area contributed by atoms with Crippen molar-refractivity contribution in [3.63, 3.8) is 0 Å². The second kappa shape index (κ2) is 10.0. The Morgan fingerprint density at radius 3 is 1.56 bits per heavy atom. The minimum Gasteiger partial charge on any atom is -0.353 e. The lowest BCUT2D eigenvalue weighted by atomic mass is 10.3. The molecule has 0 N–H and O–H groups in total. The van der Waals surface area contributed by atoms with Crippen molar-refractivity contribution < 1.29 is 18.9 Å². The lowest BCUT2D eigenvalue weighted by Gasteiger charge is -2.25. The minimum absolute atomic E-state index is 0.139. The average Bonchev–Trinajstić information content (AvgIpc) is 2.17. The number of rotatable bonds is 10. The van der Waals surface area contributed by atoms with Crippen molar-refractivity contribution in [3.05, 3.63) is 0 Å². The van der Waals surface area contributed by atoms with E-state index in [0.717, 1.165) is 0 Å². The van der Waals surface area contributed by atoms with Gasteiger partial charge in [0.2, 0.25) is 0 Å². The van der Waals surface area contributed by atoms with Gasteiger partial charge in [0.25, 0.3) is 0 Å². The van der Waals surface area contributed by atoms with Gasteiger partial charge in [0.05, 0.1) is 6.10 Å². The van der Waals surface area contributed by atoms with Crippen molar-refractivity contribution in [1.82, 2.24) is 0 Å². The maximum Gasteiger partial charge on any atom is 0.162 e. The summed E-state index contributed by atoms with van der Waals surface area (Å²) in [6, 6.07) is 0. The van der Waals surface area contributed by atoms with Gasteiger partial charge in [-0.25, -0.2) is 0 Å². The zero-order valence-corrected chi connectivity index (χ0v) is 11.2. The van der Waals surface area contributed by atoms with Gasteiger partial charge < -0.3 is 18.9 Å². The van der Waals surface area contributed by atoms with Crippen LogP contribution in [0.2, 0.25) is 0 Å². The summed E-state index contributed by atoms with van der Waals surface area (Å²) in [5, 5.41) is 0. The zero-order chi connectivity index (χ0) is 12.4. The second-order valence-electron chi connectivity index (χ2n) is 3.65. The first kappa shape index (κ1) is 15.8. The molecule has 0 spiro atoms. The van der Waals surface area contributed by atoms with Crippen molar-refractivity contribution in [2.45, 2.75) is 59.7 Å². The van der Waals surface area contributed by atoms with Gasteiger partial charge in [-0.15, -0.1) is 0 Å². The van der Waals surface area contributed by atoms with Crippen LogP contribution in [-0.2, 0) is 18.9 Å². The van der Waals surface area contributed by atoms with Crippen LogP contribution in [0.1, 0.15) is 41.0 Å². The van der Waals surface area contributed by atoms with Gasteiger partial charge in [-0.2, -0.15) is 0 Å². The SMILES string of the molecule is CCOC(CC(OCC)OC(C)C)OCC. The standard InChI is InChI=1S/C12H26O4/c1-6-13-11(14-7-2)9-12(15-8-3)16-10(4)5/h10-12H,6-9H2,1-5H3. The van der Waals surface area contributed by atoms with Crippen molar-refractivity contribution in [2.24, 2.45) is 0 Å². The fourth-order valence-corrected chi connectivity index (χ4v) is 1.37. The van der Waals surface area contributed by atoms with Crippen LogP contribution in [0.25, 0.3) is 0 Å². The Kier molecular flexibility index (Phi) is 9.92. The predicted octanol–water partition coefficient (Wildman–Crippen LogP) is 2.56. The first-order valence-corrected chi connectivity index (χ1v) is 6.14. The highest BCUT2D eigenvalue weighted by Crippen LogP contribution is 2.11. The highest BCUT2D eigenvalue weighted by Gasteiger charge is 2.18. The van der Waals surface area contributed by atoms with E-state index >= 15 is 0 Å². The molecule has 0 aromatic rings. The Labute approximate surface area is 99.2 Å². The zero-order valence-electron chi connectivity index (χ0n) is 11.2. The molecule has 98 valence electrons. The van der Waals surface area contributed by atoms with E-state index in [-0.39, 0.29) is 18.7 Å². The molecule has 1 atom stereocenters. The van der Waals surface area contributed by atoms with E-state index in [9.17, 15) is 0 Å². The highest BCUT2D eigenvalue weighted by atomic mass is 16.7. The number of hydrogen-bond donors (Lipinski definition) is 0. The molecule has 1 unspecified atom stereocenters. The molecule has 16 heavy (non-hydrogen) atoms. The van der Waals surface area contributed by atoms with E-state index in [1.54, 1.807) is 0 Å². The summed E-state index contributed by atoms with van der Waals surface area (Å²) in [5.74, 6) is 0. The molecular weight excluding hydrogens is 208 g/mol. The lowest BCUT2D eigenvalue weighted by Crippen LogP contribution is -2.29. The summed E-state index contributed by atoms with van der Waals surface area (Å²) in [6.45, 7) is 11.7. The fraction of sp³-hybridized carbons (Fsp3) is 1.00. The van der Waals surface area contributed by atoms with Crippen LogP contribution in [0.5, 0.6) is 0 Å². The molecule has 0 aromatic carbocycles. The van der Waals surface area contributed by atoms with Crippen molar-refractivity contribution in [2.75, 3.05) is 19.8 Å². The molecule has 0 rings (SSSR count). The quantitative estimate of drug-likeness (QED) is 0.544. The van der Waals surface area contributed by atoms with Crippen LogP contribution >= 0.6 is 0 Å². The fourth-order valence-electron chi connectivity index (χ4n) is 1.37. The van der Waals surface area contributed by atoms with Gasteiger partial charge in [0, 0.05) is 26.2 Å². The molecule has 0 aliphatic carbocycles. The van der Waals surface area contributed by atoms with Gasteiger partial charge >= 0.3 is 0 Å². The van der Waals surface area contributed by atoms with Gasteiger partial charge in [0.15, 0.2) is 12.6 Å². The maximum atomic E-state index is 5.63. The molecule has 4 heteroatoms. The molecule has 4 nitrogen and oxygen atoms in total. The topological polar surface area (TPSA) is 36.9 Å². The first-order chi connectivity index (χ1) is 7.63. The van der Waals surface area contributed by atoms with E-state index in [1.807, 2.05) is 34.6 Å². The normalized spacial score (nSPS) is 13.7. The third kappa shape index (κ3) is 8.05. The lowest BCUT2D eigenvalue weighted by molar-refractivity contribution is -0.218. The van der Waals surface area contributed by atoms with Crippen LogP contribution in [0, 0.1) is 0 Å². The average molecular weight is 234 g/mol. The molecule has 0 aliphatic rings. The summed E-state index contributed by atoms with van der Waals surface area (Å²) < 4.78 is 22.0. The Hall–Kier alpha value is -0.160. The predicted molar refractivity (Wildman–Crippen MR) is 63.3 cm³/mol. The Bertz CT molecular complexity index is 144. The second-order valence-corrected chi connectivity index (χ2v) is 3.65. The Morgan fingerprint density at radius 1 is 0.750 bits per heavy atom. The molecule has 0 fully saturated rings. The molecule has 0 radical (unpaired) electrons. The maximum absolute atomic E-state index is 5.63. The van der Waals surface area contributed by atoms with Gasteiger partial charge in [-0.3, -0.25) is 0 Å². The molecule has 0 aliphatic heterocycles. The van der Waals surface area contributed by atoms with Crippen molar-refractivity contribution >= 4 is 0 Å². The Morgan fingerprint density at radius 2 is 1.19 bits per heavy atom. The highest BCUT2D eigenvalue weighted by molar-refractivity contribution is 4.53. The molecule has 0 aromatic heterocycles. The third-order valence-electron chi connectivity index (χ3n) is 1.87. The molecule has 0 saturated heterocycles.